The number of hydrogen-bond donors (Lipinski definition) is 1. The Morgan fingerprint density at radius 3 is 2.90 bits per heavy atom. The van der Waals surface area contributed by atoms with Crippen molar-refractivity contribution in [2.24, 2.45) is 0 Å². The summed E-state index contributed by atoms with van der Waals surface area (Å²) in [6, 6.07) is 5.57. The van der Waals surface area contributed by atoms with Gasteiger partial charge < -0.3 is 19.9 Å². The molecule has 0 saturated heterocycles. The highest BCUT2D eigenvalue weighted by Crippen LogP contribution is 2.32. The van der Waals surface area contributed by atoms with E-state index >= 15 is 0 Å². The van der Waals surface area contributed by atoms with Gasteiger partial charge in [0.25, 0.3) is 0 Å². The van der Waals surface area contributed by atoms with Gasteiger partial charge in [0.2, 0.25) is 5.91 Å². The zero-order chi connectivity index (χ0) is 15.4. The summed E-state index contributed by atoms with van der Waals surface area (Å²) in [4.78, 5) is 27.3. The first kappa shape index (κ1) is 15.3. The van der Waals surface area contributed by atoms with Crippen LogP contribution >= 0.6 is 0 Å². The first-order valence-electron chi connectivity index (χ1n) is 6.93. The number of rotatable bonds is 5. The topological polar surface area (TPSA) is 61.9 Å². The van der Waals surface area contributed by atoms with Crippen molar-refractivity contribution in [3.63, 3.8) is 0 Å². The first-order valence-corrected chi connectivity index (χ1v) is 6.93. The van der Waals surface area contributed by atoms with E-state index in [1.807, 2.05) is 38.1 Å². The highest BCUT2D eigenvalue weighted by atomic mass is 16.5. The van der Waals surface area contributed by atoms with Crippen molar-refractivity contribution < 1.29 is 14.3 Å². The Morgan fingerprint density at radius 1 is 1.43 bits per heavy atom. The van der Waals surface area contributed by atoms with Crippen molar-refractivity contribution in [1.29, 1.82) is 0 Å². The standard InChI is InChI=1S/C15H21N3O3/c1-11-4-5-13-12(8-11)18(10-15(20)21-13)9-14(19)16-6-7-17(2)3/h4-5,8H,6-7,9-10H2,1-3H3,(H,16,19). The number of amides is 1. The molecule has 6 heteroatoms. The Hall–Kier alpha value is -2.08. The Bertz CT molecular complexity index is 543. The van der Waals surface area contributed by atoms with E-state index in [4.69, 9.17) is 4.74 Å². The van der Waals surface area contributed by atoms with Gasteiger partial charge in [-0.05, 0) is 38.7 Å². The van der Waals surface area contributed by atoms with Gasteiger partial charge in [0, 0.05) is 13.1 Å². The molecular weight excluding hydrogens is 270 g/mol. The number of nitrogens with one attached hydrogen (secondary N) is 1. The Kier molecular flexibility index (Phi) is 4.80. The number of carbonyl (C=O) groups excluding carboxylic acids is 2. The molecule has 1 aromatic carbocycles. The van der Waals surface area contributed by atoms with Crippen molar-refractivity contribution in [3.05, 3.63) is 23.8 Å². The van der Waals surface area contributed by atoms with Crippen molar-refractivity contribution in [3.8, 4) is 5.75 Å². The summed E-state index contributed by atoms with van der Waals surface area (Å²) in [5.74, 6) is 0.0735. The summed E-state index contributed by atoms with van der Waals surface area (Å²) in [7, 11) is 3.90. The minimum Gasteiger partial charge on any atom is -0.423 e. The van der Waals surface area contributed by atoms with Gasteiger partial charge in [0.1, 0.15) is 6.54 Å². The lowest BCUT2D eigenvalue weighted by Crippen LogP contribution is -2.44. The van der Waals surface area contributed by atoms with Crippen LogP contribution in [-0.2, 0) is 9.59 Å². The van der Waals surface area contributed by atoms with Gasteiger partial charge in [0.05, 0.1) is 12.2 Å². The maximum absolute atomic E-state index is 12.0. The molecule has 1 aliphatic rings. The molecule has 0 saturated carbocycles. The third-order valence-corrected chi connectivity index (χ3v) is 3.21. The number of aryl methyl sites for hydroxylation is 1. The molecular formula is C15H21N3O3. The number of nitrogens with zero attached hydrogens (tertiary/aromatic N) is 2. The normalized spacial score (nSPS) is 13.9. The molecule has 1 amide bonds. The van der Waals surface area contributed by atoms with Gasteiger partial charge in [-0.1, -0.05) is 6.07 Å². The molecule has 0 spiro atoms. The van der Waals surface area contributed by atoms with Crippen LogP contribution in [0.4, 0.5) is 5.69 Å². The predicted molar refractivity (Wildman–Crippen MR) is 80.6 cm³/mol. The second kappa shape index (κ2) is 6.58. The highest BCUT2D eigenvalue weighted by Gasteiger charge is 2.25. The molecule has 1 heterocycles. The summed E-state index contributed by atoms with van der Waals surface area (Å²) >= 11 is 0. The largest absolute Gasteiger partial charge is 0.423 e. The van der Waals surface area contributed by atoms with Gasteiger partial charge in [-0.15, -0.1) is 0 Å². The van der Waals surface area contributed by atoms with E-state index < -0.39 is 0 Å². The van der Waals surface area contributed by atoms with Crippen molar-refractivity contribution in [2.45, 2.75) is 6.92 Å². The number of likely N-dealkylation sites (N-methyl/N-ethyl adjacent to an activating group) is 1. The molecule has 21 heavy (non-hydrogen) atoms. The Labute approximate surface area is 124 Å². The molecule has 1 aromatic rings. The predicted octanol–water partition coefficient (Wildman–Crippen LogP) is 0.398. The third kappa shape index (κ3) is 4.19. The zero-order valence-electron chi connectivity index (χ0n) is 12.7. The number of esters is 1. The van der Waals surface area contributed by atoms with Gasteiger partial charge in [0.15, 0.2) is 5.75 Å². The number of hydrogen-bond acceptors (Lipinski definition) is 5. The van der Waals surface area contributed by atoms with Gasteiger partial charge >= 0.3 is 5.97 Å². The zero-order valence-corrected chi connectivity index (χ0v) is 12.7. The fourth-order valence-corrected chi connectivity index (χ4v) is 2.15. The Morgan fingerprint density at radius 2 is 2.19 bits per heavy atom. The van der Waals surface area contributed by atoms with Crippen LogP contribution in [0, 0.1) is 6.92 Å². The molecule has 0 fully saturated rings. The monoisotopic (exact) mass is 291 g/mol. The first-order chi connectivity index (χ1) is 9.95. The van der Waals surface area contributed by atoms with Crippen LogP contribution in [0.5, 0.6) is 5.75 Å². The summed E-state index contributed by atoms with van der Waals surface area (Å²) in [5.41, 5.74) is 1.85. The van der Waals surface area contributed by atoms with Crippen molar-refractivity contribution in [1.82, 2.24) is 10.2 Å². The van der Waals surface area contributed by atoms with Gasteiger partial charge in [-0.3, -0.25) is 4.79 Å². The van der Waals surface area contributed by atoms with Crippen molar-refractivity contribution in [2.75, 3.05) is 45.2 Å². The van der Waals surface area contributed by atoms with E-state index in [0.29, 0.717) is 12.3 Å². The molecule has 6 nitrogen and oxygen atoms in total. The van der Waals surface area contributed by atoms with E-state index in [9.17, 15) is 9.59 Å². The molecule has 0 aromatic heterocycles. The fraction of sp³-hybridized carbons (Fsp3) is 0.467. The van der Waals surface area contributed by atoms with Crippen LogP contribution in [0.15, 0.2) is 18.2 Å². The molecule has 0 radical (unpaired) electrons. The number of carbonyl (C=O) groups is 2. The minimum absolute atomic E-state index is 0.0948. The minimum atomic E-state index is -0.340. The third-order valence-electron chi connectivity index (χ3n) is 3.21. The van der Waals surface area contributed by atoms with Crippen molar-refractivity contribution >= 4 is 17.6 Å². The summed E-state index contributed by atoms with van der Waals surface area (Å²) in [5, 5.41) is 2.85. The molecule has 0 unspecified atom stereocenters. The summed E-state index contributed by atoms with van der Waals surface area (Å²) in [6.45, 7) is 3.58. The van der Waals surface area contributed by atoms with Crippen LogP contribution in [0.3, 0.4) is 0 Å². The molecule has 2 rings (SSSR count). The van der Waals surface area contributed by atoms with Gasteiger partial charge in [-0.25, -0.2) is 4.79 Å². The fourth-order valence-electron chi connectivity index (χ4n) is 2.15. The van der Waals surface area contributed by atoms with E-state index in [-0.39, 0.29) is 25.0 Å². The number of benzene rings is 1. The lowest BCUT2D eigenvalue weighted by atomic mass is 10.1. The molecule has 1 N–H and O–H groups in total. The van der Waals surface area contributed by atoms with Gasteiger partial charge in [-0.2, -0.15) is 0 Å². The van der Waals surface area contributed by atoms with E-state index in [0.717, 1.165) is 17.8 Å². The lowest BCUT2D eigenvalue weighted by molar-refractivity contribution is -0.133. The van der Waals surface area contributed by atoms with Crippen LogP contribution in [0.1, 0.15) is 5.56 Å². The molecule has 0 atom stereocenters. The average molecular weight is 291 g/mol. The molecule has 114 valence electrons. The number of anilines is 1. The van der Waals surface area contributed by atoms with Crippen LogP contribution in [0.25, 0.3) is 0 Å². The maximum atomic E-state index is 12.0. The van der Waals surface area contributed by atoms with E-state index in [1.165, 1.54) is 0 Å². The smallest absolute Gasteiger partial charge is 0.331 e. The summed E-state index contributed by atoms with van der Waals surface area (Å²) in [6.07, 6.45) is 0. The molecule has 1 aliphatic heterocycles. The second-order valence-electron chi connectivity index (χ2n) is 5.45. The molecule has 0 bridgehead atoms. The summed E-state index contributed by atoms with van der Waals surface area (Å²) < 4.78 is 5.19. The quantitative estimate of drug-likeness (QED) is 0.628. The molecule has 0 aliphatic carbocycles. The van der Waals surface area contributed by atoms with Crippen LogP contribution in [0.2, 0.25) is 0 Å². The highest BCUT2D eigenvalue weighted by molar-refractivity contribution is 5.89. The van der Waals surface area contributed by atoms with E-state index in [1.54, 1.807) is 11.0 Å². The number of fused-ring (bicyclic) bond motifs is 1. The van der Waals surface area contributed by atoms with E-state index in [2.05, 4.69) is 5.32 Å². The SMILES string of the molecule is Cc1ccc2c(c1)N(CC(=O)NCCN(C)C)CC(=O)O2. The maximum Gasteiger partial charge on any atom is 0.331 e. The average Bonchev–Trinajstić information content (AvgIpc) is 2.39. The second-order valence-corrected chi connectivity index (χ2v) is 5.45. The number of ether oxygens (including phenoxy) is 1. The van der Waals surface area contributed by atoms with Crippen LogP contribution < -0.4 is 15.0 Å². The Balaban J connectivity index is 2.02. The lowest BCUT2D eigenvalue weighted by Gasteiger charge is -2.29. The van der Waals surface area contributed by atoms with Crippen LogP contribution in [-0.4, -0.2) is 57.1 Å².